The number of aromatic amines is 1. The molecule has 0 atom stereocenters. The summed E-state index contributed by atoms with van der Waals surface area (Å²) in [5.74, 6) is -0.0396. The van der Waals surface area contributed by atoms with Crippen LogP contribution >= 0.6 is 11.6 Å². The molecule has 0 bridgehead atoms. The Balaban J connectivity index is 1.70. The van der Waals surface area contributed by atoms with Gasteiger partial charge in [-0.1, -0.05) is 17.7 Å². The van der Waals surface area contributed by atoms with Gasteiger partial charge in [0.15, 0.2) is 0 Å². The van der Waals surface area contributed by atoms with Gasteiger partial charge in [-0.05, 0) is 53.4 Å². The molecule has 100 valence electrons. The highest BCUT2D eigenvalue weighted by Crippen LogP contribution is 2.16. The molecule has 4 heteroatoms. The fourth-order valence-electron chi connectivity index (χ4n) is 2.14. The maximum Gasteiger partial charge on any atom is 0.228 e. The molecular formula is C16H13ClN2O. The van der Waals surface area contributed by atoms with Gasteiger partial charge in [0.1, 0.15) is 0 Å². The second-order valence-electron chi connectivity index (χ2n) is 4.63. The number of carbonyl (C=O) groups excluding carboxylic acids is 1. The summed E-state index contributed by atoms with van der Waals surface area (Å²) < 4.78 is 0. The molecule has 2 N–H and O–H groups in total. The maximum absolute atomic E-state index is 12.0. The number of amides is 1. The molecule has 20 heavy (non-hydrogen) atoms. The molecule has 0 saturated carbocycles. The van der Waals surface area contributed by atoms with Gasteiger partial charge in [-0.25, -0.2) is 0 Å². The van der Waals surface area contributed by atoms with E-state index in [-0.39, 0.29) is 5.91 Å². The van der Waals surface area contributed by atoms with Gasteiger partial charge in [-0.2, -0.15) is 0 Å². The first-order chi connectivity index (χ1) is 9.70. The van der Waals surface area contributed by atoms with Gasteiger partial charge in [-0.3, -0.25) is 4.79 Å². The predicted octanol–water partition coefficient (Wildman–Crippen LogP) is 4.00. The quantitative estimate of drug-likeness (QED) is 0.750. The Morgan fingerprint density at radius 3 is 2.70 bits per heavy atom. The molecule has 1 amide bonds. The summed E-state index contributed by atoms with van der Waals surface area (Å²) >= 11 is 5.81. The first-order valence-corrected chi connectivity index (χ1v) is 6.70. The zero-order chi connectivity index (χ0) is 13.9. The zero-order valence-corrected chi connectivity index (χ0v) is 11.4. The van der Waals surface area contributed by atoms with Gasteiger partial charge >= 0.3 is 0 Å². The van der Waals surface area contributed by atoms with Crippen molar-refractivity contribution in [3.63, 3.8) is 0 Å². The van der Waals surface area contributed by atoms with Crippen LogP contribution in [0, 0.1) is 0 Å². The third kappa shape index (κ3) is 2.83. The van der Waals surface area contributed by atoms with Crippen molar-refractivity contribution in [2.45, 2.75) is 6.42 Å². The van der Waals surface area contributed by atoms with Gasteiger partial charge in [-0.15, -0.1) is 0 Å². The highest BCUT2D eigenvalue weighted by Gasteiger charge is 2.05. The summed E-state index contributed by atoms with van der Waals surface area (Å²) in [5.41, 5.74) is 2.82. The highest BCUT2D eigenvalue weighted by atomic mass is 35.5. The van der Waals surface area contributed by atoms with Gasteiger partial charge < -0.3 is 10.3 Å². The number of halogens is 1. The smallest absolute Gasteiger partial charge is 0.228 e. The lowest BCUT2D eigenvalue weighted by molar-refractivity contribution is -0.115. The van der Waals surface area contributed by atoms with Crippen molar-refractivity contribution in [3.8, 4) is 0 Å². The molecule has 3 aromatic rings. The SMILES string of the molecule is O=C(Cc1ccc2[nH]ccc2c1)Nc1ccc(Cl)cc1. The molecule has 1 heterocycles. The number of hydrogen-bond acceptors (Lipinski definition) is 1. The van der Waals surface area contributed by atoms with Crippen molar-refractivity contribution in [1.29, 1.82) is 0 Å². The van der Waals surface area contributed by atoms with E-state index in [9.17, 15) is 4.79 Å². The standard InChI is InChI=1S/C16H13ClN2O/c17-13-2-4-14(5-3-13)19-16(20)10-11-1-6-15-12(9-11)7-8-18-15/h1-9,18H,10H2,(H,19,20). The molecule has 3 nitrogen and oxygen atoms in total. The average Bonchev–Trinajstić information content (AvgIpc) is 2.89. The second-order valence-corrected chi connectivity index (χ2v) is 5.07. The minimum Gasteiger partial charge on any atom is -0.361 e. The van der Waals surface area contributed by atoms with Crippen LogP contribution in [0.4, 0.5) is 5.69 Å². The third-order valence-corrected chi connectivity index (χ3v) is 3.36. The van der Waals surface area contributed by atoms with Gasteiger partial charge in [0.2, 0.25) is 5.91 Å². The lowest BCUT2D eigenvalue weighted by Gasteiger charge is -2.05. The number of carbonyl (C=O) groups is 1. The number of benzene rings is 2. The molecule has 2 aromatic carbocycles. The maximum atomic E-state index is 12.0. The Bertz CT molecular complexity index is 747. The summed E-state index contributed by atoms with van der Waals surface area (Å²) in [4.78, 5) is 15.1. The number of anilines is 1. The number of fused-ring (bicyclic) bond motifs is 1. The fourth-order valence-corrected chi connectivity index (χ4v) is 2.26. The molecule has 0 unspecified atom stereocenters. The lowest BCUT2D eigenvalue weighted by Crippen LogP contribution is -2.14. The largest absolute Gasteiger partial charge is 0.361 e. The monoisotopic (exact) mass is 284 g/mol. The first-order valence-electron chi connectivity index (χ1n) is 6.32. The van der Waals surface area contributed by atoms with E-state index in [1.165, 1.54) is 0 Å². The van der Waals surface area contributed by atoms with Crippen molar-refractivity contribution in [2.24, 2.45) is 0 Å². The van der Waals surface area contributed by atoms with Crippen LogP contribution in [-0.2, 0) is 11.2 Å². The Hall–Kier alpha value is -2.26. The van der Waals surface area contributed by atoms with Crippen LogP contribution < -0.4 is 5.32 Å². The van der Waals surface area contributed by atoms with Crippen molar-refractivity contribution < 1.29 is 4.79 Å². The number of nitrogens with one attached hydrogen (secondary N) is 2. The molecule has 0 aliphatic rings. The van der Waals surface area contributed by atoms with Crippen molar-refractivity contribution >= 4 is 34.1 Å². The molecular weight excluding hydrogens is 272 g/mol. The lowest BCUT2D eigenvalue weighted by atomic mass is 10.1. The van der Waals surface area contributed by atoms with Crippen molar-refractivity contribution in [2.75, 3.05) is 5.32 Å². The van der Waals surface area contributed by atoms with E-state index < -0.39 is 0 Å². The number of rotatable bonds is 3. The predicted molar refractivity (Wildman–Crippen MR) is 82.1 cm³/mol. The zero-order valence-electron chi connectivity index (χ0n) is 10.7. The van der Waals surface area contributed by atoms with Crippen LogP contribution in [0.25, 0.3) is 10.9 Å². The molecule has 0 fully saturated rings. The van der Waals surface area contributed by atoms with E-state index in [0.717, 1.165) is 22.2 Å². The van der Waals surface area contributed by atoms with Crippen LogP contribution in [0.3, 0.4) is 0 Å². The Kier molecular flexibility index (Phi) is 3.44. The molecule has 0 saturated heterocycles. The third-order valence-electron chi connectivity index (χ3n) is 3.11. The van der Waals surface area contributed by atoms with E-state index in [2.05, 4.69) is 10.3 Å². The molecule has 0 aliphatic heterocycles. The Morgan fingerprint density at radius 2 is 1.90 bits per heavy atom. The normalized spacial score (nSPS) is 10.7. The number of hydrogen-bond donors (Lipinski definition) is 2. The van der Waals surface area contributed by atoms with Crippen molar-refractivity contribution in [1.82, 2.24) is 4.98 Å². The summed E-state index contributed by atoms with van der Waals surface area (Å²) in [6.45, 7) is 0. The second kappa shape index (κ2) is 5.39. The van der Waals surface area contributed by atoms with Crippen LogP contribution in [0.2, 0.25) is 5.02 Å². The molecule has 0 aliphatic carbocycles. The van der Waals surface area contributed by atoms with Crippen LogP contribution in [0.15, 0.2) is 54.7 Å². The van der Waals surface area contributed by atoms with Crippen molar-refractivity contribution in [3.05, 3.63) is 65.3 Å². The first kappa shape index (κ1) is 12.8. The van der Waals surface area contributed by atoms with E-state index in [1.807, 2.05) is 30.5 Å². The summed E-state index contributed by atoms with van der Waals surface area (Å²) in [6, 6.07) is 15.0. The molecule has 3 rings (SSSR count). The summed E-state index contributed by atoms with van der Waals surface area (Å²) in [7, 11) is 0. The molecule has 0 spiro atoms. The van der Waals surface area contributed by atoms with E-state index in [4.69, 9.17) is 11.6 Å². The van der Waals surface area contributed by atoms with Crippen LogP contribution in [-0.4, -0.2) is 10.9 Å². The van der Waals surface area contributed by atoms with E-state index >= 15 is 0 Å². The van der Waals surface area contributed by atoms with Gasteiger partial charge in [0.25, 0.3) is 0 Å². The van der Waals surface area contributed by atoms with Crippen LogP contribution in [0.1, 0.15) is 5.56 Å². The fraction of sp³-hybridized carbons (Fsp3) is 0.0625. The molecule has 1 aromatic heterocycles. The number of H-pyrrole nitrogens is 1. The summed E-state index contributed by atoms with van der Waals surface area (Å²) in [6.07, 6.45) is 2.24. The minimum absolute atomic E-state index is 0.0396. The Labute approximate surface area is 121 Å². The van der Waals surface area contributed by atoms with E-state index in [1.54, 1.807) is 24.3 Å². The highest BCUT2D eigenvalue weighted by molar-refractivity contribution is 6.30. The van der Waals surface area contributed by atoms with Gasteiger partial charge in [0.05, 0.1) is 6.42 Å². The number of aromatic nitrogens is 1. The Morgan fingerprint density at radius 1 is 1.10 bits per heavy atom. The van der Waals surface area contributed by atoms with Crippen LogP contribution in [0.5, 0.6) is 0 Å². The minimum atomic E-state index is -0.0396. The van der Waals surface area contributed by atoms with E-state index in [0.29, 0.717) is 11.4 Å². The topological polar surface area (TPSA) is 44.9 Å². The summed E-state index contributed by atoms with van der Waals surface area (Å²) in [5, 5.41) is 4.62. The average molecular weight is 285 g/mol. The molecule has 0 radical (unpaired) electrons. The van der Waals surface area contributed by atoms with Gasteiger partial charge in [0, 0.05) is 22.4 Å².